The first-order valence-corrected chi connectivity index (χ1v) is 6.18. The normalized spacial score (nSPS) is 17.4. The molecule has 2 rings (SSSR count). The van der Waals surface area contributed by atoms with Gasteiger partial charge in [-0.1, -0.05) is 19.3 Å². The van der Waals surface area contributed by atoms with Gasteiger partial charge in [0.25, 0.3) is 0 Å². The Kier molecular flexibility index (Phi) is 4.24. The molecule has 7 heteroatoms. The lowest BCUT2D eigenvalue weighted by Crippen LogP contribution is -2.25. The van der Waals surface area contributed by atoms with Crippen molar-refractivity contribution in [2.24, 2.45) is 5.92 Å². The van der Waals surface area contributed by atoms with Crippen molar-refractivity contribution in [1.82, 2.24) is 20.2 Å². The summed E-state index contributed by atoms with van der Waals surface area (Å²) in [5.41, 5.74) is 0. The Balaban J connectivity index is 1.94. The number of rotatable bonds is 7. The molecule has 0 aliphatic heterocycles. The van der Waals surface area contributed by atoms with Crippen LogP contribution in [0.1, 0.15) is 31.5 Å². The number of aromatic nitrogens is 4. The van der Waals surface area contributed by atoms with Gasteiger partial charge in [0.05, 0.1) is 19.1 Å². The van der Waals surface area contributed by atoms with E-state index in [0.29, 0.717) is 12.5 Å². The Morgan fingerprint density at radius 1 is 1.61 bits per heavy atom. The first kappa shape index (κ1) is 12.9. The molecule has 0 aromatic carbocycles. The maximum atomic E-state index is 10.7. The van der Waals surface area contributed by atoms with Gasteiger partial charge in [-0.05, 0) is 16.3 Å². The van der Waals surface area contributed by atoms with Gasteiger partial charge in [-0.15, -0.1) is 5.10 Å². The third kappa shape index (κ3) is 3.25. The average molecular weight is 254 g/mol. The fourth-order valence-corrected chi connectivity index (χ4v) is 2.08. The lowest BCUT2D eigenvalue weighted by molar-refractivity contribution is -0.140. The van der Waals surface area contributed by atoms with Crippen LogP contribution in [-0.2, 0) is 22.5 Å². The van der Waals surface area contributed by atoms with Gasteiger partial charge in [-0.25, -0.2) is 4.68 Å². The molecule has 1 aromatic heterocycles. The summed E-state index contributed by atoms with van der Waals surface area (Å²) in [5.74, 6) is 0.623. The van der Waals surface area contributed by atoms with E-state index in [1.807, 2.05) is 0 Å². The quantitative estimate of drug-likeness (QED) is 0.762. The molecule has 100 valence electrons. The molecule has 0 radical (unpaired) electrons. The number of ether oxygens (including phenoxy) is 1. The first-order chi connectivity index (χ1) is 8.69. The lowest BCUT2D eigenvalue weighted by Gasteiger charge is -2.24. The van der Waals surface area contributed by atoms with Gasteiger partial charge >= 0.3 is 5.97 Å². The van der Waals surface area contributed by atoms with Crippen LogP contribution in [0.25, 0.3) is 0 Å². The van der Waals surface area contributed by atoms with Crippen molar-refractivity contribution in [1.29, 1.82) is 0 Å². The molecule has 0 amide bonds. The molecular weight excluding hydrogens is 236 g/mol. The van der Waals surface area contributed by atoms with Crippen LogP contribution in [0.2, 0.25) is 0 Å². The number of nitrogens with zero attached hydrogens (tertiary/aromatic N) is 4. The number of carboxylic acid groups (broad SMARTS) is 1. The van der Waals surface area contributed by atoms with E-state index in [1.54, 1.807) is 4.68 Å². The van der Waals surface area contributed by atoms with E-state index < -0.39 is 12.1 Å². The van der Waals surface area contributed by atoms with Gasteiger partial charge in [-0.2, -0.15) is 0 Å². The zero-order chi connectivity index (χ0) is 13.0. The van der Waals surface area contributed by atoms with Gasteiger partial charge in [0.2, 0.25) is 0 Å². The molecule has 1 heterocycles. The summed E-state index contributed by atoms with van der Waals surface area (Å²) >= 11 is 0. The summed E-state index contributed by atoms with van der Waals surface area (Å²) < 4.78 is 6.80. The number of aliphatic carboxylic acids is 1. The van der Waals surface area contributed by atoms with Crippen LogP contribution in [0.5, 0.6) is 0 Å². The van der Waals surface area contributed by atoms with Crippen LogP contribution in [0, 0.1) is 5.92 Å². The molecule has 1 aromatic rings. The monoisotopic (exact) mass is 254 g/mol. The third-order valence-electron chi connectivity index (χ3n) is 3.41. The molecule has 0 bridgehead atoms. The zero-order valence-electron chi connectivity index (χ0n) is 10.4. The summed E-state index contributed by atoms with van der Waals surface area (Å²) in [7, 11) is 1.50. The molecule has 1 aliphatic rings. The average Bonchev–Trinajstić information content (AvgIpc) is 2.69. The highest BCUT2D eigenvalue weighted by Gasteiger charge is 2.22. The fraction of sp³-hybridized carbons (Fsp3) is 0.818. The van der Waals surface area contributed by atoms with Crippen molar-refractivity contribution in [3.8, 4) is 0 Å². The van der Waals surface area contributed by atoms with Crippen molar-refractivity contribution in [3.05, 3.63) is 5.82 Å². The van der Waals surface area contributed by atoms with E-state index in [0.717, 1.165) is 12.2 Å². The highest BCUT2D eigenvalue weighted by atomic mass is 16.5. The zero-order valence-corrected chi connectivity index (χ0v) is 10.4. The Hall–Kier alpha value is -1.50. The van der Waals surface area contributed by atoms with Crippen molar-refractivity contribution >= 4 is 5.97 Å². The summed E-state index contributed by atoms with van der Waals surface area (Å²) in [4.78, 5) is 10.7. The minimum absolute atomic E-state index is 0.0424. The number of carboxylic acids is 1. The summed E-state index contributed by atoms with van der Waals surface area (Å²) in [5, 5.41) is 20.3. The van der Waals surface area contributed by atoms with Crippen LogP contribution in [-0.4, -0.2) is 44.5 Å². The Morgan fingerprint density at radius 3 is 2.94 bits per heavy atom. The van der Waals surface area contributed by atoms with E-state index in [-0.39, 0.29) is 6.42 Å². The maximum absolute atomic E-state index is 10.7. The smallest absolute Gasteiger partial charge is 0.306 e. The highest BCUT2D eigenvalue weighted by molar-refractivity contribution is 5.67. The van der Waals surface area contributed by atoms with Gasteiger partial charge in [0.15, 0.2) is 5.82 Å². The van der Waals surface area contributed by atoms with Gasteiger partial charge in [-0.3, -0.25) is 4.79 Å². The van der Waals surface area contributed by atoms with Crippen LogP contribution >= 0.6 is 0 Å². The number of hydrogen-bond donors (Lipinski definition) is 1. The molecule has 7 nitrogen and oxygen atoms in total. The molecular formula is C11H18N4O3. The van der Waals surface area contributed by atoms with E-state index in [9.17, 15) is 4.79 Å². The molecule has 18 heavy (non-hydrogen) atoms. The van der Waals surface area contributed by atoms with Crippen molar-refractivity contribution in [2.75, 3.05) is 7.11 Å². The second-order valence-electron chi connectivity index (χ2n) is 4.73. The van der Waals surface area contributed by atoms with E-state index in [2.05, 4.69) is 15.5 Å². The number of tetrazole rings is 1. The van der Waals surface area contributed by atoms with Gasteiger partial charge in [0, 0.05) is 13.5 Å². The van der Waals surface area contributed by atoms with Crippen LogP contribution in [0.15, 0.2) is 0 Å². The van der Waals surface area contributed by atoms with E-state index in [1.165, 1.54) is 26.4 Å². The number of hydrogen-bond acceptors (Lipinski definition) is 5. The predicted molar refractivity (Wildman–Crippen MR) is 61.9 cm³/mol. The molecule has 1 aliphatic carbocycles. The van der Waals surface area contributed by atoms with Gasteiger partial charge in [0.1, 0.15) is 0 Å². The molecule has 1 fully saturated rings. The largest absolute Gasteiger partial charge is 0.481 e. The third-order valence-corrected chi connectivity index (χ3v) is 3.41. The molecule has 1 unspecified atom stereocenters. The van der Waals surface area contributed by atoms with Crippen molar-refractivity contribution in [3.63, 3.8) is 0 Å². The second kappa shape index (κ2) is 5.90. The van der Waals surface area contributed by atoms with Crippen LogP contribution in [0.3, 0.4) is 0 Å². The topological polar surface area (TPSA) is 90.1 Å². The van der Waals surface area contributed by atoms with Crippen LogP contribution in [0.4, 0.5) is 0 Å². The molecule has 0 saturated heterocycles. The fourth-order valence-electron chi connectivity index (χ4n) is 2.08. The minimum atomic E-state index is -0.879. The van der Waals surface area contributed by atoms with E-state index >= 15 is 0 Å². The highest BCUT2D eigenvalue weighted by Crippen LogP contribution is 2.28. The molecule has 1 N–H and O–H groups in total. The summed E-state index contributed by atoms with van der Waals surface area (Å²) in [6.07, 6.45) is 4.18. The number of methoxy groups -OCH3 is 1. The standard InChI is InChI=1S/C11H18N4O3/c1-18-9(6-11(16)17)7-15-10(12-13-14-15)5-8-3-2-4-8/h8-9H,2-7H2,1H3,(H,16,17). The lowest BCUT2D eigenvalue weighted by atomic mass is 9.83. The Bertz CT molecular complexity index is 403. The summed E-state index contributed by atoms with van der Waals surface area (Å²) in [6.45, 7) is 0.387. The van der Waals surface area contributed by atoms with Gasteiger partial charge < -0.3 is 9.84 Å². The molecule has 1 atom stereocenters. The van der Waals surface area contributed by atoms with E-state index in [4.69, 9.17) is 9.84 Å². The van der Waals surface area contributed by atoms with Crippen molar-refractivity contribution in [2.45, 2.75) is 44.8 Å². The SMILES string of the molecule is COC(CC(=O)O)Cn1nnnc1CC1CCC1. The van der Waals surface area contributed by atoms with Crippen LogP contribution < -0.4 is 0 Å². The molecule has 0 spiro atoms. The molecule has 1 saturated carbocycles. The van der Waals surface area contributed by atoms with Crippen molar-refractivity contribution < 1.29 is 14.6 Å². The maximum Gasteiger partial charge on any atom is 0.306 e. The first-order valence-electron chi connectivity index (χ1n) is 6.18. The second-order valence-corrected chi connectivity index (χ2v) is 4.73. The Labute approximate surface area is 105 Å². The minimum Gasteiger partial charge on any atom is -0.481 e. The Morgan fingerprint density at radius 2 is 2.39 bits per heavy atom. The predicted octanol–water partition coefficient (Wildman–Crippen LogP) is 0.505. The number of carbonyl (C=O) groups is 1. The summed E-state index contributed by atoms with van der Waals surface area (Å²) in [6, 6.07) is 0.